The Hall–Kier alpha value is -1.92. The average molecular weight is 416 g/mol. The van der Waals surface area contributed by atoms with Crippen molar-refractivity contribution in [1.82, 2.24) is 0 Å². The minimum atomic E-state index is -0.428. The molecule has 1 aliphatic carbocycles. The van der Waals surface area contributed by atoms with Crippen LogP contribution in [0.4, 0.5) is 14.9 Å². The Bertz CT molecular complexity index is 875. The highest BCUT2D eigenvalue weighted by Crippen LogP contribution is 2.48. The first-order valence-corrected chi connectivity index (χ1v) is 11.6. The molecule has 1 unspecified atom stereocenters. The minimum absolute atomic E-state index is 0.0804. The molecule has 4 nitrogen and oxygen atoms in total. The molecule has 2 aromatic rings. The third-order valence-electron chi connectivity index (χ3n) is 7.35. The molecule has 4 fully saturated rings. The number of fused-ring (bicyclic) bond motifs is 3. The van der Waals surface area contributed by atoms with Crippen molar-refractivity contribution >= 4 is 23.1 Å². The summed E-state index contributed by atoms with van der Waals surface area (Å²) in [5.74, 6) is 0.0290. The van der Waals surface area contributed by atoms with Crippen molar-refractivity contribution in [3.05, 3.63) is 52.5 Å². The summed E-state index contributed by atoms with van der Waals surface area (Å²) in [6, 6.07) is 11.4. The maximum atomic E-state index is 14.6. The van der Waals surface area contributed by atoms with E-state index in [0.717, 1.165) is 28.2 Å². The maximum absolute atomic E-state index is 14.6. The van der Waals surface area contributed by atoms with Crippen LogP contribution in [0.25, 0.3) is 0 Å². The van der Waals surface area contributed by atoms with Crippen molar-refractivity contribution in [2.24, 2.45) is 5.92 Å². The van der Waals surface area contributed by atoms with Crippen LogP contribution in [-0.4, -0.2) is 41.9 Å². The number of amides is 1. The molecule has 2 atom stereocenters. The van der Waals surface area contributed by atoms with Gasteiger partial charge in [0, 0.05) is 36.5 Å². The van der Waals surface area contributed by atoms with Gasteiger partial charge in [-0.25, -0.2) is 9.18 Å². The van der Waals surface area contributed by atoms with Crippen molar-refractivity contribution in [3.63, 3.8) is 0 Å². The Morgan fingerprint density at radius 3 is 2.59 bits per heavy atom. The first-order chi connectivity index (χ1) is 14.1. The molecular formula is C23H28FN2O2S+. The Kier molecular flexibility index (Phi) is 4.87. The number of ether oxygens (including phenoxy) is 1. The summed E-state index contributed by atoms with van der Waals surface area (Å²) in [6.07, 6.45) is 4.35. The zero-order valence-corrected chi connectivity index (χ0v) is 17.6. The van der Waals surface area contributed by atoms with Gasteiger partial charge in [0.2, 0.25) is 0 Å². The number of rotatable bonds is 5. The molecule has 29 heavy (non-hydrogen) atoms. The third kappa shape index (κ3) is 3.36. The summed E-state index contributed by atoms with van der Waals surface area (Å²) in [6.45, 7) is 5.02. The Morgan fingerprint density at radius 1 is 1.17 bits per heavy atom. The number of hydrogen-bond acceptors (Lipinski definition) is 3. The van der Waals surface area contributed by atoms with Gasteiger partial charge in [-0.15, -0.1) is 11.3 Å². The van der Waals surface area contributed by atoms with E-state index in [-0.39, 0.29) is 11.8 Å². The van der Waals surface area contributed by atoms with Gasteiger partial charge in [-0.1, -0.05) is 18.2 Å². The lowest BCUT2D eigenvalue weighted by atomic mass is 9.78. The summed E-state index contributed by atoms with van der Waals surface area (Å²) < 4.78 is 21.9. The number of halogens is 1. The average Bonchev–Trinajstić information content (AvgIpc) is 3.47. The van der Waals surface area contributed by atoms with Gasteiger partial charge >= 0.3 is 6.09 Å². The van der Waals surface area contributed by atoms with Crippen molar-refractivity contribution < 1.29 is 18.4 Å². The number of carbonyl (C=O) groups excluding carboxylic acids is 1. The van der Waals surface area contributed by atoms with E-state index in [0.29, 0.717) is 18.5 Å². The van der Waals surface area contributed by atoms with Gasteiger partial charge in [0.1, 0.15) is 11.9 Å². The highest BCUT2D eigenvalue weighted by Gasteiger charge is 2.59. The minimum Gasteiger partial charge on any atom is -0.439 e. The molecule has 3 saturated heterocycles. The monoisotopic (exact) mass is 415 g/mol. The maximum Gasteiger partial charge on any atom is 0.415 e. The second-order valence-corrected chi connectivity index (χ2v) is 9.86. The van der Waals surface area contributed by atoms with E-state index in [4.69, 9.17) is 4.74 Å². The molecule has 0 N–H and O–H groups in total. The van der Waals surface area contributed by atoms with E-state index in [2.05, 4.69) is 6.92 Å². The number of thiophene rings is 1. The fourth-order valence-corrected chi connectivity index (χ4v) is 6.32. The first-order valence-electron chi connectivity index (χ1n) is 10.7. The van der Waals surface area contributed by atoms with E-state index in [1.165, 1.54) is 36.9 Å². The number of anilines is 1. The summed E-state index contributed by atoms with van der Waals surface area (Å²) in [4.78, 5) is 15.8. The van der Waals surface area contributed by atoms with Gasteiger partial charge < -0.3 is 9.22 Å². The van der Waals surface area contributed by atoms with Crippen LogP contribution in [0.1, 0.15) is 37.5 Å². The zero-order valence-electron chi connectivity index (χ0n) is 16.8. The Morgan fingerprint density at radius 2 is 1.93 bits per heavy atom. The van der Waals surface area contributed by atoms with Gasteiger partial charge in [0.15, 0.2) is 6.10 Å². The molecule has 0 spiro atoms. The molecule has 1 saturated carbocycles. The van der Waals surface area contributed by atoms with Crippen LogP contribution in [0.2, 0.25) is 0 Å². The van der Waals surface area contributed by atoms with Crippen LogP contribution in [0, 0.1) is 11.7 Å². The lowest BCUT2D eigenvalue weighted by Crippen LogP contribution is -2.70. The number of para-hydroxylation sites is 1. The molecule has 1 amide bonds. The molecular weight excluding hydrogens is 387 g/mol. The topological polar surface area (TPSA) is 29.5 Å². The van der Waals surface area contributed by atoms with E-state index < -0.39 is 11.9 Å². The SMILES string of the molecule is C[C@@H]1C(OC(=O)N(Cc2cccs2)c2ccccc2F)C2CC[N+]1(C1CC1)CC2. The molecule has 6 heteroatoms. The number of nitrogens with zero attached hydrogens (tertiary/aromatic N) is 2. The normalized spacial score (nSPS) is 30.9. The van der Waals surface area contributed by atoms with Crippen molar-refractivity contribution in [2.75, 3.05) is 18.0 Å². The molecule has 4 aliphatic rings. The number of benzene rings is 1. The number of piperidine rings is 3. The molecule has 154 valence electrons. The van der Waals surface area contributed by atoms with E-state index in [9.17, 15) is 9.18 Å². The molecule has 0 radical (unpaired) electrons. The third-order valence-corrected chi connectivity index (χ3v) is 8.21. The predicted octanol–water partition coefficient (Wildman–Crippen LogP) is 5.19. The van der Waals surface area contributed by atoms with Crippen LogP contribution in [0.5, 0.6) is 0 Å². The number of carbonyl (C=O) groups is 1. The smallest absolute Gasteiger partial charge is 0.415 e. The van der Waals surface area contributed by atoms with Gasteiger partial charge in [0.25, 0.3) is 0 Å². The molecule has 1 aromatic heterocycles. The molecule has 6 rings (SSSR count). The zero-order chi connectivity index (χ0) is 20.0. The summed E-state index contributed by atoms with van der Waals surface area (Å²) in [5.41, 5.74) is 0.283. The highest BCUT2D eigenvalue weighted by atomic mass is 32.1. The fraction of sp³-hybridized carbons (Fsp3) is 0.522. The van der Waals surface area contributed by atoms with Crippen LogP contribution < -0.4 is 4.90 Å². The standard InChI is InChI=1S/C23H28FN2O2S/c1-16-22(17-10-12-26(16,13-11-17)18-8-9-18)28-23(27)25(15-19-5-4-14-29-19)21-7-3-2-6-20(21)24/h2-7,14,16-18,22H,8-13,15H2,1H3/q+1/t16-,17?,22?,26?/m1/s1. The predicted molar refractivity (Wildman–Crippen MR) is 112 cm³/mol. The van der Waals surface area contributed by atoms with Gasteiger partial charge in [-0.2, -0.15) is 0 Å². The lowest BCUT2D eigenvalue weighted by molar-refractivity contribution is -0.977. The summed E-state index contributed by atoms with van der Waals surface area (Å²) in [5, 5.41) is 1.97. The molecule has 1 aromatic carbocycles. The lowest BCUT2D eigenvalue weighted by Gasteiger charge is -2.57. The van der Waals surface area contributed by atoms with Gasteiger partial charge in [-0.3, -0.25) is 4.90 Å². The van der Waals surface area contributed by atoms with E-state index >= 15 is 0 Å². The second-order valence-electron chi connectivity index (χ2n) is 8.82. The van der Waals surface area contributed by atoms with Gasteiger partial charge in [0.05, 0.1) is 31.4 Å². The Balaban J connectivity index is 1.40. The fourth-order valence-electron chi connectivity index (χ4n) is 5.63. The van der Waals surface area contributed by atoms with E-state index in [1.54, 1.807) is 29.5 Å². The van der Waals surface area contributed by atoms with E-state index in [1.807, 2.05) is 17.5 Å². The Labute approximate surface area is 175 Å². The van der Waals surface area contributed by atoms with Crippen molar-refractivity contribution in [3.8, 4) is 0 Å². The van der Waals surface area contributed by atoms with Crippen LogP contribution in [0.15, 0.2) is 41.8 Å². The van der Waals surface area contributed by atoms with Crippen LogP contribution >= 0.6 is 11.3 Å². The second kappa shape index (κ2) is 7.40. The molecule has 4 heterocycles. The number of hydrogen-bond donors (Lipinski definition) is 0. The van der Waals surface area contributed by atoms with Gasteiger partial charge in [-0.05, 0) is 30.5 Å². The summed E-state index contributed by atoms with van der Waals surface area (Å²) in [7, 11) is 0. The molecule has 3 aliphatic heterocycles. The number of quaternary nitrogens is 1. The van der Waals surface area contributed by atoms with Crippen LogP contribution in [0.3, 0.4) is 0 Å². The van der Waals surface area contributed by atoms with Crippen LogP contribution in [-0.2, 0) is 11.3 Å². The molecule has 2 bridgehead atoms. The highest BCUT2D eigenvalue weighted by molar-refractivity contribution is 7.09. The quantitative estimate of drug-likeness (QED) is 0.629. The summed E-state index contributed by atoms with van der Waals surface area (Å²) >= 11 is 1.56. The first kappa shape index (κ1) is 19.1. The largest absolute Gasteiger partial charge is 0.439 e. The van der Waals surface area contributed by atoms with Crippen molar-refractivity contribution in [1.29, 1.82) is 0 Å². The van der Waals surface area contributed by atoms with Crippen molar-refractivity contribution in [2.45, 2.75) is 57.3 Å².